The van der Waals surface area contributed by atoms with E-state index in [4.69, 9.17) is 4.74 Å². The van der Waals surface area contributed by atoms with Crippen LogP contribution in [0.2, 0.25) is 18.1 Å². The number of rotatable bonds is 9. The molecular weight excluding hydrogens is 647 g/mol. The molecule has 0 bridgehead atoms. The molecule has 8 atom stereocenters. The summed E-state index contributed by atoms with van der Waals surface area (Å²) in [5.74, 6) is 2.82. The van der Waals surface area contributed by atoms with Gasteiger partial charge in [-0.15, -0.1) is 0 Å². The van der Waals surface area contributed by atoms with Gasteiger partial charge in [-0.25, -0.2) is 0 Å². The second-order valence-electron chi connectivity index (χ2n) is 20.7. The zero-order valence-electron chi connectivity index (χ0n) is 34.7. The number of benzene rings is 2. The highest BCUT2D eigenvalue weighted by molar-refractivity contribution is 6.82. The van der Waals surface area contributed by atoms with Crippen LogP contribution in [0.5, 0.6) is 0 Å². The van der Waals surface area contributed by atoms with Crippen molar-refractivity contribution in [1.29, 1.82) is 0 Å². The topological polar surface area (TPSA) is 12.5 Å². The lowest BCUT2D eigenvalue weighted by Gasteiger charge is -2.48. The molecule has 0 spiro atoms. The van der Waals surface area contributed by atoms with Crippen LogP contribution in [-0.2, 0) is 4.74 Å². The molecule has 2 nitrogen and oxygen atoms in total. The first-order valence-corrected chi connectivity index (χ1v) is 23.6. The molecule has 0 saturated heterocycles. The van der Waals surface area contributed by atoms with Gasteiger partial charge in [0.05, 0.1) is 19.7 Å². The molecule has 0 aromatic heterocycles. The molecule has 2 aromatic rings. The van der Waals surface area contributed by atoms with Crippen LogP contribution in [0.3, 0.4) is 0 Å². The molecule has 2 aromatic carbocycles. The first-order valence-electron chi connectivity index (χ1n) is 20.8. The van der Waals surface area contributed by atoms with Crippen molar-refractivity contribution in [3.63, 3.8) is 0 Å². The Hall–Kier alpha value is -2.62. The lowest BCUT2D eigenvalue weighted by molar-refractivity contribution is -0.00471. The van der Waals surface area contributed by atoms with Crippen molar-refractivity contribution in [3.8, 4) is 0 Å². The van der Waals surface area contributed by atoms with Crippen LogP contribution in [0.4, 0.5) is 5.69 Å². The van der Waals surface area contributed by atoms with E-state index in [9.17, 15) is 0 Å². The summed E-state index contributed by atoms with van der Waals surface area (Å²) >= 11 is 0. The fourth-order valence-electron chi connectivity index (χ4n) is 11.5. The molecule has 52 heavy (non-hydrogen) atoms. The van der Waals surface area contributed by atoms with Crippen molar-refractivity contribution in [2.45, 2.75) is 136 Å². The van der Waals surface area contributed by atoms with Gasteiger partial charge in [-0.05, 0) is 114 Å². The zero-order chi connectivity index (χ0) is 37.4. The van der Waals surface area contributed by atoms with Gasteiger partial charge in [-0.3, -0.25) is 0 Å². The van der Waals surface area contributed by atoms with Crippen LogP contribution in [0, 0.1) is 41.4 Å². The van der Waals surface area contributed by atoms with Crippen molar-refractivity contribution < 1.29 is 4.74 Å². The number of hydrogen-bond donors (Lipinski definition) is 0. The van der Waals surface area contributed by atoms with Crippen LogP contribution in [0.25, 0.3) is 0 Å². The third-order valence-corrected chi connectivity index (χ3v) is 19.8. The summed E-state index contributed by atoms with van der Waals surface area (Å²) in [6.07, 6.45) is 21.0. The molecule has 280 valence electrons. The fraction of sp³-hybridized carbons (Fsp3) is 0.592. The quantitative estimate of drug-likeness (QED) is 0.189. The summed E-state index contributed by atoms with van der Waals surface area (Å²) in [7, 11) is 0.239. The van der Waals surface area contributed by atoms with Gasteiger partial charge in [0.1, 0.15) is 0 Å². The number of fused-ring (bicyclic) bond motifs is 8. The van der Waals surface area contributed by atoms with Crippen molar-refractivity contribution in [3.05, 3.63) is 112 Å². The van der Waals surface area contributed by atoms with Crippen molar-refractivity contribution in [2.75, 3.05) is 18.6 Å². The lowest BCUT2D eigenvalue weighted by Crippen LogP contribution is -2.48. The minimum atomic E-state index is -2.14. The van der Waals surface area contributed by atoms with Gasteiger partial charge in [0, 0.05) is 25.3 Å². The maximum absolute atomic E-state index is 6.15. The highest BCUT2D eigenvalue weighted by Gasteiger charge is 2.63. The third-order valence-electron chi connectivity index (χ3n) is 13.9. The van der Waals surface area contributed by atoms with Gasteiger partial charge < -0.3 is 9.64 Å². The SMILES string of the molecule is Cc1ccc2c(c1)C1C(c3ccccc3C1[Si](C)(CCCCCCOC(C)(C)C)C1C3C=C(C(C)(C)C)C=CC3C3C=CC(C(C)(C)C)=CC31)N2C. The maximum atomic E-state index is 6.15. The standard InChI is InChI=1S/C49H69NOSi/c1-32-21-26-42-41(29-32)43-44(50(42)11)37-19-15-16-20-38(37)46(43)52(12,28-18-14-13-17-27-51-49(8,9)10)45-39-30-33(47(2,3)4)22-24-35(39)36-25-23-34(31-40(36)45)48(5,6)7/h15-16,19-26,29-31,35-36,39-40,43-46H,13-14,17-18,27-28H2,1-12H3. The Balaban J connectivity index is 1.37. The molecule has 4 aliphatic carbocycles. The second-order valence-corrected chi connectivity index (χ2v) is 25.5. The molecule has 0 N–H and O–H groups in total. The maximum Gasteiger partial charge on any atom is 0.0634 e. The molecule has 1 fully saturated rings. The molecule has 0 amide bonds. The van der Waals surface area contributed by atoms with Crippen molar-refractivity contribution in [1.82, 2.24) is 0 Å². The average molecular weight is 716 g/mol. The summed E-state index contributed by atoms with van der Waals surface area (Å²) in [5.41, 5.74) is 12.3. The minimum Gasteiger partial charge on any atom is -0.376 e. The van der Waals surface area contributed by atoms with E-state index in [1.54, 1.807) is 27.8 Å². The number of allylic oxidation sites excluding steroid dienone is 8. The Labute approximate surface area is 318 Å². The Morgan fingerprint density at radius 2 is 1.27 bits per heavy atom. The second kappa shape index (κ2) is 13.6. The van der Waals surface area contributed by atoms with Crippen LogP contribution < -0.4 is 4.90 Å². The molecule has 1 aliphatic heterocycles. The molecular formula is C49H69NOSi. The van der Waals surface area contributed by atoms with Crippen molar-refractivity contribution >= 4 is 13.8 Å². The zero-order valence-corrected chi connectivity index (χ0v) is 35.7. The molecule has 7 rings (SSSR count). The van der Waals surface area contributed by atoms with Gasteiger partial charge in [0.25, 0.3) is 0 Å². The van der Waals surface area contributed by atoms with Gasteiger partial charge >= 0.3 is 0 Å². The van der Waals surface area contributed by atoms with E-state index in [1.165, 1.54) is 36.6 Å². The molecule has 1 heterocycles. The summed E-state index contributed by atoms with van der Waals surface area (Å²) in [6.45, 7) is 27.2. The van der Waals surface area contributed by atoms with E-state index in [2.05, 4.69) is 167 Å². The highest BCUT2D eigenvalue weighted by atomic mass is 28.3. The largest absolute Gasteiger partial charge is 0.376 e. The number of aryl methyl sites for hydroxylation is 1. The monoisotopic (exact) mass is 716 g/mol. The van der Waals surface area contributed by atoms with Crippen LogP contribution in [-0.4, -0.2) is 27.3 Å². The van der Waals surface area contributed by atoms with Gasteiger partial charge in [-0.2, -0.15) is 0 Å². The van der Waals surface area contributed by atoms with E-state index in [0.29, 0.717) is 46.7 Å². The van der Waals surface area contributed by atoms with E-state index < -0.39 is 8.07 Å². The Bertz CT molecular complexity index is 1720. The molecule has 8 unspecified atom stereocenters. The van der Waals surface area contributed by atoms with Gasteiger partial charge in [0.2, 0.25) is 0 Å². The number of ether oxygens (including phenoxy) is 1. The fourth-order valence-corrected chi connectivity index (χ4v) is 18.1. The number of hydrogen-bond acceptors (Lipinski definition) is 2. The van der Waals surface area contributed by atoms with Gasteiger partial charge in [0.15, 0.2) is 0 Å². The summed E-state index contributed by atoms with van der Waals surface area (Å²) in [5, 5.41) is 0. The summed E-state index contributed by atoms with van der Waals surface area (Å²) in [4.78, 5) is 2.66. The summed E-state index contributed by atoms with van der Waals surface area (Å²) < 4.78 is 6.15. The van der Waals surface area contributed by atoms with E-state index in [-0.39, 0.29) is 16.4 Å². The Kier molecular flexibility index (Phi) is 9.85. The Morgan fingerprint density at radius 1 is 0.692 bits per heavy atom. The van der Waals surface area contributed by atoms with Crippen LogP contribution in [0.1, 0.15) is 128 Å². The lowest BCUT2D eigenvalue weighted by atomic mass is 9.74. The molecule has 0 radical (unpaired) electrons. The first-order chi connectivity index (χ1) is 24.4. The highest BCUT2D eigenvalue weighted by Crippen LogP contribution is 2.69. The number of unbranched alkanes of at least 4 members (excludes halogenated alkanes) is 3. The normalized spacial score (nSPS) is 30.3. The predicted molar refractivity (Wildman–Crippen MR) is 226 cm³/mol. The van der Waals surface area contributed by atoms with Crippen LogP contribution >= 0.6 is 0 Å². The van der Waals surface area contributed by atoms with E-state index in [1.807, 2.05) is 0 Å². The van der Waals surface area contributed by atoms with Crippen LogP contribution in [0.15, 0.2) is 90.1 Å². The van der Waals surface area contributed by atoms with Gasteiger partial charge in [-0.1, -0.05) is 152 Å². The minimum absolute atomic E-state index is 0.0573. The van der Waals surface area contributed by atoms with E-state index >= 15 is 0 Å². The number of anilines is 1. The summed E-state index contributed by atoms with van der Waals surface area (Å²) in [6, 6.07) is 18.9. The number of nitrogens with zero attached hydrogens (tertiary/aromatic N) is 1. The molecule has 1 saturated carbocycles. The van der Waals surface area contributed by atoms with Crippen molar-refractivity contribution in [2.24, 2.45) is 34.5 Å². The molecule has 3 heteroatoms. The Morgan fingerprint density at radius 3 is 1.85 bits per heavy atom. The predicted octanol–water partition coefficient (Wildman–Crippen LogP) is 13.3. The first kappa shape index (κ1) is 37.7. The van der Waals surface area contributed by atoms with E-state index in [0.717, 1.165) is 13.0 Å². The average Bonchev–Trinajstić information content (AvgIpc) is 3.68. The third kappa shape index (κ3) is 6.69. The smallest absolute Gasteiger partial charge is 0.0634 e. The number of likely N-dealkylation sites (N-methyl/N-ethyl adjacent to an activating group) is 1. The molecule has 5 aliphatic rings.